The van der Waals surface area contributed by atoms with Crippen molar-refractivity contribution >= 4 is 23.6 Å². The predicted molar refractivity (Wildman–Crippen MR) is 192 cm³/mol. The molecule has 0 radical (unpaired) electrons. The molecule has 15 nitrogen and oxygen atoms in total. The molecule has 15 heteroatoms. The summed E-state index contributed by atoms with van der Waals surface area (Å²) in [6.45, 7) is 7.44. The highest BCUT2D eigenvalue weighted by Crippen LogP contribution is 2.32. The molecule has 1 aliphatic carbocycles. The number of aromatic nitrogens is 5. The molecule has 1 saturated carbocycles. The Hall–Kier alpha value is -5.60. The Kier molecular flexibility index (Phi) is 11.8. The number of hydrogen-bond donors (Lipinski definition) is 4. The van der Waals surface area contributed by atoms with Crippen LogP contribution in [0.4, 0.5) is 0 Å². The number of aryl methyl sites for hydroxylation is 1. The molecule has 7 rings (SSSR count). The van der Waals surface area contributed by atoms with Crippen molar-refractivity contribution in [2.75, 3.05) is 6.61 Å². The first-order valence-corrected chi connectivity index (χ1v) is 18.2. The molecule has 4 N–H and O–H groups in total. The van der Waals surface area contributed by atoms with E-state index in [9.17, 15) is 19.2 Å². The quantitative estimate of drug-likeness (QED) is 0.210. The maximum Gasteiger partial charge on any atom is 0.276 e. The van der Waals surface area contributed by atoms with Crippen molar-refractivity contribution < 1.29 is 28.5 Å². The van der Waals surface area contributed by atoms with E-state index in [1.54, 1.807) is 42.8 Å². The number of carbonyl (C=O) groups is 4. The highest BCUT2D eigenvalue weighted by molar-refractivity contribution is 5.97. The van der Waals surface area contributed by atoms with E-state index in [2.05, 4.69) is 45.4 Å². The van der Waals surface area contributed by atoms with Gasteiger partial charge in [-0.15, -0.1) is 0 Å². The van der Waals surface area contributed by atoms with Gasteiger partial charge in [-0.3, -0.25) is 19.2 Å². The summed E-state index contributed by atoms with van der Waals surface area (Å²) in [5, 5.41) is 23.9. The molecule has 0 saturated heterocycles. The second kappa shape index (κ2) is 16.8. The Balaban J connectivity index is 1.34. The largest absolute Gasteiger partial charge is 0.491 e. The topological polar surface area (TPSA) is 195 Å². The average molecular weight is 726 g/mol. The van der Waals surface area contributed by atoms with Crippen molar-refractivity contribution in [3.8, 4) is 5.75 Å². The highest BCUT2D eigenvalue weighted by atomic mass is 16.6. The Bertz CT molecular complexity index is 1890. The summed E-state index contributed by atoms with van der Waals surface area (Å²) in [5.41, 5.74) is 1.90. The first kappa shape index (κ1) is 37.2. The zero-order valence-electron chi connectivity index (χ0n) is 30.5. The van der Waals surface area contributed by atoms with E-state index < -0.39 is 35.8 Å². The molecule has 0 spiro atoms. The van der Waals surface area contributed by atoms with Crippen molar-refractivity contribution in [1.82, 2.24) is 46.3 Å². The van der Waals surface area contributed by atoms with Crippen LogP contribution in [0, 0.1) is 18.8 Å². The first-order chi connectivity index (χ1) is 25.5. The third kappa shape index (κ3) is 10.3. The van der Waals surface area contributed by atoms with Gasteiger partial charge in [0.2, 0.25) is 17.7 Å². The van der Waals surface area contributed by atoms with E-state index in [1.165, 1.54) is 0 Å². The first-order valence-electron chi connectivity index (χ1n) is 18.2. The normalized spacial score (nSPS) is 21.6. The number of fused-ring (bicyclic) bond motifs is 14. The van der Waals surface area contributed by atoms with Gasteiger partial charge in [0.05, 0.1) is 12.1 Å². The number of benzene rings is 2. The Morgan fingerprint density at radius 2 is 1.72 bits per heavy atom. The average Bonchev–Trinajstić information content (AvgIpc) is 3.69. The van der Waals surface area contributed by atoms with Crippen LogP contribution in [-0.2, 0) is 40.2 Å². The van der Waals surface area contributed by atoms with Gasteiger partial charge in [-0.25, -0.2) is 14.3 Å². The van der Waals surface area contributed by atoms with Crippen LogP contribution in [0.3, 0.4) is 0 Å². The number of amides is 4. The van der Waals surface area contributed by atoms with E-state index in [0.717, 1.165) is 24.0 Å². The minimum absolute atomic E-state index is 0.0456. The zero-order valence-corrected chi connectivity index (χ0v) is 30.5. The molecular weight excluding hydrogens is 678 g/mol. The Labute approximate surface area is 308 Å². The van der Waals surface area contributed by atoms with Gasteiger partial charge in [0, 0.05) is 12.8 Å². The number of rotatable bonds is 8. The van der Waals surface area contributed by atoms with E-state index in [1.807, 2.05) is 30.3 Å². The van der Waals surface area contributed by atoms with E-state index in [4.69, 9.17) is 19.4 Å². The van der Waals surface area contributed by atoms with Gasteiger partial charge in [-0.2, -0.15) is 5.10 Å². The molecule has 4 amide bonds. The summed E-state index contributed by atoms with van der Waals surface area (Å²) < 4.78 is 12.4. The van der Waals surface area contributed by atoms with Crippen LogP contribution in [0.15, 0.2) is 59.2 Å². The fourth-order valence-electron chi connectivity index (χ4n) is 6.35. The number of nitrogens with one attached hydrogen (secondary N) is 4. The molecule has 53 heavy (non-hydrogen) atoms. The van der Waals surface area contributed by atoms with Crippen LogP contribution < -0.4 is 26.0 Å². The van der Waals surface area contributed by atoms with Crippen molar-refractivity contribution in [3.63, 3.8) is 0 Å². The van der Waals surface area contributed by atoms with Gasteiger partial charge >= 0.3 is 0 Å². The number of carbonyl (C=O) groups excluding carboxylic acids is 4. The lowest BCUT2D eigenvalue weighted by atomic mass is 10.0. The van der Waals surface area contributed by atoms with E-state index in [-0.39, 0.29) is 48.8 Å². The lowest BCUT2D eigenvalue weighted by Crippen LogP contribution is -2.54. The lowest BCUT2D eigenvalue weighted by Gasteiger charge is -2.25. The molecular formula is C38H47N9O6. The standard InChI is InChI=1S/C38H47N9O6/c1-22(2)16-28-21-52-29-14-12-26(13-15-29)18-31(42-38(51)34-23(3)45-53-46-34)37(50)39-24(4)36(49)41-30(17-25-8-6-5-7-9-25)35-43-32(19-27-10-11-27)44-47(35)20-33(48)40-28/h5-9,12-15,22,24,27-28,30-31H,10-11,16-21H2,1-4H3,(H,39,50)(H,40,48)(H,41,49)(H,42,51)/t24-,28+,30-,31+/m1/s1. The summed E-state index contributed by atoms with van der Waals surface area (Å²) in [6, 6.07) is 13.7. The monoisotopic (exact) mass is 725 g/mol. The second-order valence-corrected chi connectivity index (χ2v) is 14.4. The van der Waals surface area contributed by atoms with Gasteiger partial charge in [0.25, 0.3) is 5.91 Å². The van der Waals surface area contributed by atoms with Gasteiger partial charge < -0.3 is 26.0 Å². The fourth-order valence-corrected chi connectivity index (χ4v) is 6.35. The smallest absolute Gasteiger partial charge is 0.276 e. The number of nitrogens with zero attached hydrogens (tertiary/aromatic N) is 5. The van der Waals surface area contributed by atoms with Crippen LogP contribution in [0.2, 0.25) is 0 Å². The summed E-state index contributed by atoms with van der Waals surface area (Å²) in [7, 11) is 0. The van der Waals surface area contributed by atoms with Crippen LogP contribution in [0.5, 0.6) is 5.75 Å². The van der Waals surface area contributed by atoms with E-state index in [0.29, 0.717) is 42.6 Å². The van der Waals surface area contributed by atoms with Crippen LogP contribution in [0.25, 0.3) is 0 Å². The van der Waals surface area contributed by atoms with Gasteiger partial charge in [0.15, 0.2) is 17.3 Å². The summed E-state index contributed by atoms with van der Waals surface area (Å²) in [6.07, 6.45) is 4.03. The summed E-state index contributed by atoms with van der Waals surface area (Å²) in [5.74, 6) is 0.476. The van der Waals surface area contributed by atoms with Gasteiger partial charge in [-0.1, -0.05) is 61.5 Å². The SMILES string of the molecule is Cc1nonc1C(=O)N[C@H]1Cc2ccc(cc2)OC[C@H](CC(C)C)NC(=O)Cn2nc(CC3CC3)nc2[C@@H](Cc2ccccc2)NC(=O)[C@@H](C)NC1=O. The minimum atomic E-state index is -1.08. The number of ether oxygens (including phenoxy) is 1. The van der Waals surface area contributed by atoms with Crippen molar-refractivity contribution in [2.24, 2.45) is 11.8 Å². The molecule has 3 aliphatic rings. The van der Waals surface area contributed by atoms with Crippen LogP contribution in [-0.4, -0.2) is 73.4 Å². The third-order valence-electron chi connectivity index (χ3n) is 9.29. The third-order valence-corrected chi connectivity index (χ3v) is 9.29. The Morgan fingerprint density at radius 1 is 0.962 bits per heavy atom. The summed E-state index contributed by atoms with van der Waals surface area (Å²) >= 11 is 0. The molecule has 2 aromatic heterocycles. The molecule has 4 aromatic rings. The lowest BCUT2D eigenvalue weighted by molar-refractivity contribution is -0.130. The van der Waals surface area contributed by atoms with Crippen molar-refractivity contribution in [1.29, 1.82) is 0 Å². The fraction of sp³-hybridized carbons (Fsp3) is 0.474. The molecule has 4 heterocycles. The van der Waals surface area contributed by atoms with Gasteiger partial charge in [-0.05, 0) is 79.8 Å². The predicted octanol–water partition coefficient (Wildman–Crippen LogP) is 2.79. The molecule has 2 aromatic carbocycles. The van der Waals surface area contributed by atoms with Crippen LogP contribution >= 0.6 is 0 Å². The Morgan fingerprint density at radius 3 is 2.40 bits per heavy atom. The number of hydrogen-bond acceptors (Lipinski definition) is 10. The van der Waals surface area contributed by atoms with Crippen molar-refractivity contribution in [3.05, 3.63) is 88.8 Å². The highest BCUT2D eigenvalue weighted by Gasteiger charge is 2.31. The molecule has 4 atom stereocenters. The van der Waals surface area contributed by atoms with E-state index >= 15 is 0 Å². The van der Waals surface area contributed by atoms with Gasteiger partial charge in [0.1, 0.15) is 36.7 Å². The maximum absolute atomic E-state index is 13.9. The molecule has 2 aliphatic heterocycles. The van der Waals surface area contributed by atoms with Crippen LogP contribution in [0.1, 0.15) is 85.0 Å². The zero-order chi connectivity index (χ0) is 37.5. The minimum Gasteiger partial charge on any atom is -0.491 e. The summed E-state index contributed by atoms with van der Waals surface area (Å²) in [4.78, 5) is 59.5. The molecule has 280 valence electrons. The molecule has 0 unspecified atom stereocenters. The maximum atomic E-state index is 13.9. The van der Waals surface area contributed by atoms with Crippen molar-refractivity contribution in [2.45, 2.75) is 96.9 Å². The second-order valence-electron chi connectivity index (χ2n) is 14.4. The molecule has 2 bridgehead atoms. The molecule has 1 fully saturated rings.